The molecule has 64 valence electrons. The van der Waals surface area contributed by atoms with Crippen LogP contribution in [0.4, 0.5) is 5.82 Å². The molecule has 0 aliphatic heterocycles. The van der Waals surface area contributed by atoms with Crippen molar-refractivity contribution in [1.29, 1.82) is 0 Å². The Balaban J connectivity index is 2.68. The smallest absolute Gasteiger partial charge is 0.176 e. The summed E-state index contributed by atoms with van der Waals surface area (Å²) in [5.41, 5.74) is 1.05. The van der Waals surface area contributed by atoms with Crippen LogP contribution in [0.5, 0.6) is 0 Å². The molecule has 0 saturated heterocycles. The Morgan fingerprint density at radius 2 is 2.50 bits per heavy atom. The quantitative estimate of drug-likeness (QED) is 0.506. The van der Waals surface area contributed by atoms with Crippen molar-refractivity contribution in [3.8, 4) is 0 Å². The zero-order valence-corrected chi connectivity index (χ0v) is 7.32. The highest BCUT2D eigenvalue weighted by molar-refractivity contribution is 5.54. The van der Waals surface area contributed by atoms with E-state index >= 15 is 0 Å². The summed E-state index contributed by atoms with van der Waals surface area (Å²) in [5, 5.41) is 0. The second-order valence-corrected chi connectivity index (χ2v) is 2.33. The van der Waals surface area contributed by atoms with Crippen LogP contribution in [-0.4, -0.2) is 18.0 Å². The summed E-state index contributed by atoms with van der Waals surface area (Å²) in [6.07, 6.45) is 3.14. The molecule has 0 aliphatic carbocycles. The van der Waals surface area contributed by atoms with Crippen molar-refractivity contribution in [3.05, 3.63) is 23.9 Å². The fourth-order valence-corrected chi connectivity index (χ4v) is 0.774. The topological polar surface area (TPSA) is 34.5 Å². The Morgan fingerprint density at radius 3 is 3.17 bits per heavy atom. The van der Waals surface area contributed by atoms with Crippen LogP contribution in [0.15, 0.2) is 23.3 Å². The van der Waals surface area contributed by atoms with Crippen LogP contribution in [0.25, 0.3) is 0 Å². The molecule has 0 aliphatic rings. The predicted molar refractivity (Wildman–Crippen MR) is 48.8 cm³/mol. The van der Waals surface area contributed by atoms with Gasteiger partial charge in [-0.25, -0.2) is 9.98 Å². The minimum Gasteiger partial charge on any atom is -0.483 e. The summed E-state index contributed by atoms with van der Waals surface area (Å²) in [5.74, 6) is 0.714. The van der Waals surface area contributed by atoms with Gasteiger partial charge in [0.1, 0.15) is 0 Å². The van der Waals surface area contributed by atoms with Gasteiger partial charge in [0.2, 0.25) is 0 Å². The van der Waals surface area contributed by atoms with Gasteiger partial charge in [-0.2, -0.15) is 0 Å². The number of aryl methyl sites for hydroxylation is 1. The maximum Gasteiger partial charge on any atom is 0.176 e. The van der Waals surface area contributed by atoms with Crippen molar-refractivity contribution in [2.45, 2.75) is 13.8 Å². The van der Waals surface area contributed by atoms with Crippen molar-refractivity contribution in [2.75, 3.05) is 6.61 Å². The molecule has 1 heterocycles. The molecule has 0 saturated carbocycles. The van der Waals surface area contributed by atoms with Gasteiger partial charge in [-0.3, -0.25) is 0 Å². The maximum absolute atomic E-state index is 4.96. The first-order valence-corrected chi connectivity index (χ1v) is 3.90. The molecule has 0 atom stereocenters. The molecule has 12 heavy (non-hydrogen) atoms. The van der Waals surface area contributed by atoms with Gasteiger partial charge < -0.3 is 4.74 Å². The van der Waals surface area contributed by atoms with Gasteiger partial charge in [0.05, 0.1) is 6.61 Å². The Kier molecular flexibility index (Phi) is 3.26. The molecule has 0 radical (unpaired) electrons. The number of aliphatic imine (C=N–C) groups is 1. The third kappa shape index (κ3) is 2.34. The third-order valence-electron chi connectivity index (χ3n) is 1.40. The average Bonchev–Trinajstić information content (AvgIpc) is 2.09. The van der Waals surface area contributed by atoms with Gasteiger partial charge in [0, 0.05) is 6.20 Å². The summed E-state index contributed by atoms with van der Waals surface area (Å²) < 4.78 is 4.96. The Labute approximate surface area is 72.1 Å². The third-order valence-corrected chi connectivity index (χ3v) is 1.40. The highest BCUT2D eigenvalue weighted by atomic mass is 16.5. The van der Waals surface area contributed by atoms with Gasteiger partial charge in [-0.05, 0) is 25.5 Å². The zero-order chi connectivity index (χ0) is 8.81. The Bertz CT molecular complexity index is 271. The molecular formula is C9H12N2O. The molecule has 1 rings (SSSR count). The van der Waals surface area contributed by atoms with Gasteiger partial charge in [0.15, 0.2) is 12.2 Å². The lowest BCUT2D eigenvalue weighted by molar-refractivity contribution is 0.344. The Morgan fingerprint density at radius 1 is 1.67 bits per heavy atom. The standard InChI is InChI=1S/C9H12N2O/c1-3-12-7-11-9-8(2)5-4-6-10-9/h4-7H,3H2,1-2H3. The molecule has 0 spiro atoms. The monoisotopic (exact) mass is 164 g/mol. The van der Waals surface area contributed by atoms with Gasteiger partial charge >= 0.3 is 0 Å². The van der Waals surface area contributed by atoms with E-state index in [0.29, 0.717) is 12.4 Å². The second kappa shape index (κ2) is 4.49. The molecule has 0 amide bonds. The van der Waals surface area contributed by atoms with Gasteiger partial charge in [0.25, 0.3) is 0 Å². The average molecular weight is 164 g/mol. The van der Waals surface area contributed by atoms with Crippen molar-refractivity contribution in [1.82, 2.24) is 4.98 Å². The summed E-state index contributed by atoms with van der Waals surface area (Å²) in [7, 11) is 0. The van der Waals surface area contributed by atoms with E-state index in [1.165, 1.54) is 6.40 Å². The molecule has 0 bridgehead atoms. The fourth-order valence-electron chi connectivity index (χ4n) is 0.774. The minimum absolute atomic E-state index is 0.634. The van der Waals surface area contributed by atoms with Crippen molar-refractivity contribution >= 4 is 12.2 Å². The van der Waals surface area contributed by atoms with Gasteiger partial charge in [-0.15, -0.1) is 0 Å². The normalized spacial score (nSPS) is 10.5. The molecule has 1 aromatic heterocycles. The summed E-state index contributed by atoms with van der Waals surface area (Å²) in [6, 6.07) is 3.85. The van der Waals surface area contributed by atoms with Crippen LogP contribution in [0.2, 0.25) is 0 Å². The van der Waals surface area contributed by atoms with Crippen LogP contribution >= 0.6 is 0 Å². The second-order valence-electron chi connectivity index (χ2n) is 2.33. The van der Waals surface area contributed by atoms with E-state index in [0.717, 1.165) is 5.56 Å². The lowest BCUT2D eigenvalue weighted by Crippen LogP contribution is -1.85. The van der Waals surface area contributed by atoms with Crippen LogP contribution in [0.3, 0.4) is 0 Å². The molecule has 3 heteroatoms. The molecular weight excluding hydrogens is 152 g/mol. The number of hydrogen-bond acceptors (Lipinski definition) is 3. The summed E-state index contributed by atoms with van der Waals surface area (Å²) in [4.78, 5) is 8.11. The number of pyridine rings is 1. The minimum atomic E-state index is 0.634. The van der Waals surface area contributed by atoms with E-state index in [2.05, 4.69) is 9.98 Å². The molecule has 0 N–H and O–H groups in total. The number of hydrogen-bond donors (Lipinski definition) is 0. The van der Waals surface area contributed by atoms with Crippen molar-refractivity contribution in [3.63, 3.8) is 0 Å². The number of rotatable bonds is 3. The predicted octanol–water partition coefficient (Wildman–Crippen LogP) is 2.09. The first-order chi connectivity index (χ1) is 5.84. The molecule has 1 aromatic rings. The largest absolute Gasteiger partial charge is 0.483 e. The first-order valence-electron chi connectivity index (χ1n) is 3.90. The van der Waals surface area contributed by atoms with Crippen LogP contribution in [0.1, 0.15) is 12.5 Å². The van der Waals surface area contributed by atoms with E-state index in [9.17, 15) is 0 Å². The van der Waals surface area contributed by atoms with E-state index in [-0.39, 0.29) is 0 Å². The van der Waals surface area contributed by atoms with E-state index in [1.54, 1.807) is 6.20 Å². The number of nitrogens with zero attached hydrogens (tertiary/aromatic N) is 2. The molecule has 3 nitrogen and oxygen atoms in total. The highest BCUT2D eigenvalue weighted by Crippen LogP contribution is 2.11. The van der Waals surface area contributed by atoms with E-state index in [1.807, 2.05) is 26.0 Å². The summed E-state index contributed by atoms with van der Waals surface area (Å²) in [6.45, 7) is 4.51. The zero-order valence-electron chi connectivity index (χ0n) is 7.32. The number of ether oxygens (including phenoxy) is 1. The first kappa shape index (κ1) is 8.71. The fraction of sp³-hybridized carbons (Fsp3) is 0.333. The van der Waals surface area contributed by atoms with Gasteiger partial charge in [-0.1, -0.05) is 6.07 Å². The lowest BCUT2D eigenvalue weighted by Gasteiger charge is -1.96. The molecule has 0 fully saturated rings. The van der Waals surface area contributed by atoms with Crippen LogP contribution < -0.4 is 0 Å². The van der Waals surface area contributed by atoms with E-state index in [4.69, 9.17) is 4.74 Å². The SMILES string of the molecule is CCOC=Nc1ncccc1C. The van der Waals surface area contributed by atoms with Crippen molar-refractivity contribution in [2.24, 2.45) is 4.99 Å². The van der Waals surface area contributed by atoms with Crippen LogP contribution in [-0.2, 0) is 4.74 Å². The Hall–Kier alpha value is -1.38. The van der Waals surface area contributed by atoms with Crippen LogP contribution in [0, 0.1) is 6.92 Å². The lowest BCUT2D eigenvalue weighted by atomic mass is 10.3. The molecule has 0 aromatic carbocycles. The van der Waals surface area contributed by atoms with E-state index < -0.39 is 0 Å². The van der Waals surface area contributed by atoms with Crippen molar-refractivity contribution < 1.29 is 4.74 Å². The number of aromatic nitrogens is 1. The summed E-state index contributed by atoms with van der Waals surface area (Å²) >= 11 is 0. The maximum atomic E-state index is 4.96. The highest BCUT2D eigenvalue weighted by Gasteiger charge is 1.92. The molecule has 0 unspecified atom stereocenters.